The molecule has 2 atom stereocenters. The van der Waals surface area contributed by atoms with Gasteiger partial charge in [0.25, 0.3) is 0 Å². The molecule has 1 fully saturated rings. The van der Waals surface area contributed by atoms with Crippen molar-refractivity contribution in [2.45, 2.75) is 38.8 Å². The Hall–Kier alpha value is -0.770. The first kappa shape index (κ1) is 15.1. The SMILES string of the molecule is CC(C)N1CCC(CNCC2Cc3cc(Cl)ccc3O2)C1. The second kappa shape index (κ2) is 6.55. The second-order valence-electron chi connectivity index (χ2n) is 6.60. The molecule has 2 unspecified atom stereocenters. The molecular weight excluding hydrogens is 284 g/mol. The average Bonchev–Trinajstić information content (AvgIpc) is 3.04. The van der Waals surface area contributed by atoms with Crippen molar-refractivity contribution in [3.05, 3.63) is 28.8 Å². The molecule has 4 heteroatoms. The van der Waals surface area contributed by atoms with Crippen molar-refractivity contribution in [2.24, 2.45) is 5.92 Å². The van der Waals surface area contributed by atoms with Crippen LogP contribution < -0.4 is 10.1 Å². The van der Waals surface area contributed by atoms with Crippen LogP contribution in [0.25, 0.3) is 0 Å². The molecule has 0 spiro atoms. The molecule has 3 nitrogen and oxygen atoms in total. The van der Waals surface area contributed by atoms with E-state index in [2.05, 4.69) is 24.1 Å². The number of ether oxygens (including phenoxy) is 1. The van der Waals surface area contributed by atoms with Crippen LogP contribution in [-0.2, 0) is 6.42 Å². The van der Waals surface area contributed by atoms with Gasteiger partial charge in [0.15, 0.2) is 0 Å². The van der Waals surface area contributed by atoms with Gasteiger partial charge in [-0.3, -0.25) is 0 Å². The molecule has 0 aromatic heterocycles. The zero-order valence-corrected chi connectivity index (χ0v) is 13.7. The molecule has 116 valence electrons. The Bertz CT molecular complexity index is 492. The summed E-state index contributed by atoms with van der Waals surface area (Å²) in [7, 11) is 0. The molecule has 0 amide bonds. The van der Waals surface area contributed by atoms with Gasteiger partial charge in [0.2, 0.25) is 0 Å². The maximum Gasteiger partial charge on any atom is 0.123 e. The smallest absolute Gasteiger partial charge is 0.123 e. The maximum atomic E-state index is 6.02. The monoisotopic (exact) mass is 308 g/mol. The fourth-order valence-corrected chi connectivity index (χ4v) is 3.54. The molecule has 2 aliphatic rings. The van der Waals surface area contributed by atoms with Gasteiger partial charge >= 0.3 is 0 Å². The number of fused-ring (bicyclic) bond motifs is 1. The average molecular weight is 309 g/mol. The maximum absolute atomic E-state index is 6.02. The quantitative estimate of drug-likeness (QED) is 0.905. The summed E-state index contributed by atoms with van der Waals surface area (Å²) in [6, 6.07) is 6.58. The highest BCUT2D eigenvalue weighted by molar-refractivity contribution is 6.30. The first-order chi connectivity index (χ1) is 10.1. The summed E-state index contributed by atoms with van der Waals surface area (Å²) in [5.74, 6) is 1.78. The van der Waals surface area contributed by atoms with E-state index in [0.29, 0.717) is 6.04 Å². The first-order valence-electron chi connectivity index (χ1n) is 8.01. The third-order valence-electron chi connectivity index (χ3n) is 4.62. The summed E-state index contributed by atoms with van der Waals surface area (Å²) in [6.45, 7) is 9.06. The lowest BCUT2D eigenvalue weighted by Crippen LogP contribution is -2.35. The van der Waals surface area contributed by atoms with E-state index in [4.69, 9.17) is 16.3 Å². The van der Waals surface area contributed by atoms with Gasteiger partial charge in [-0.15, -0.1) is 0 Å². The predicted octanol–water partition coefficient (Wildman–Crippen LogP) is 2.96. The predicted molar refractivity (Wildman–Crippen MR) is 87.3 cm³/mol. The highest BCUT2D eigenvalue weighted by Crippen LogP contribution is 2.30. The fourth-order valence-electron chi connectivity index (χ4n) is 3.35. The number of hydrogen-bond acceptors (Lipinski definition) is 3. The Morgan fingerprint density at radius 3 is 3.00 bits per heavy atom. The van der Waals surface area contributed by atoms with E-state index in [1.165, 1.54) is 25.1 Å². The molecule has 0 bridgehead atoms. The van der Waals surface area contributed by atoms with Crippen LogP contribution in [0.2, 0.25) is 5.02 Å². The van der Waals surface area contributed by atoms with Crippen molar-refractivity contribution >= 4 is 11.6 Å². The zero-order chi connectivity index (χ0) is 14.8. The van der Waals surface area contributed by atoms with Gasteiger partial charge in [0.1, 0.15) is 11.9 Å². The van der Waals surface area contributed by atoms with E-state index in [-0.39, 0.29) is 6.10 Å². The largest absolute Gasteiger partial charge is 0.488 e. The summed E-state index contributed by atoms with van der Waals surface area (Å²) in [4.78, 5) is 2.57. The van der Waals surface area contributed by atoms with Crippen LogP contribution in [0.3, 0.4) is 0 Å². The van der Waals surface area contributed by atoms with Crippen LogP contribution in [0.1, 0.15) is 25.8 Å². The van der Waals surface area contributed by atoms with Crippen molar-refractivity contribution < 1.29 is 4.74 Å². The Balaban J connectivity index is 1.40. The van der Waals surface area contributed by atoms with Gasteiger partial charge in [0.05, 0.1) is 0 Å². The highest BCUT2D eigenvalue weighted by atomic mass is 35.5. The lowest BCUT2D eigenvalue weighted by molar-refractivity contribution is 0.222. The standard InChI is InChI=1S/C17H25ClN2O/c1-12(2)20-6-5-13(11-20)9-19-10-16-8-14-7-15(18)3-4-17(14)21-16/h3-4,7,12-13,16,19H,5-6,8-11H2,1-2H3. The summed E-state index contributed by atoms with van der Waals surface area (Å²) in [5, 5.41) is 4.39. The first-order valence-corrected chi connectivity index (χ1v) is 8.39. The summed E-state index contributed by atoms with van der Waals surface area (Å²) in [6.07, 6.45) is 2.53. The molecule has 1 N–H and O–H groups in total. The molecule has 1 saturated heterocycles. The van der Waals surface area contributed by atoms with E-state index in [1.807, 2.05) is 18.2 Å². The van der Waals surface area contributed by atoms with Gasteiger partial charge in [0, 0.05) is 30.6 Å². The number of halogens is 1. The summed E-state index contributed by atoms with van der Waals surface area (Å²) in [5.41, 5.74) is 1.24. The number of rotatable bonds is 5. The minimum Gasteiger partial charge on any atom is -0.488 e. The lowest BCUT2D eigenvalue weighted by Gasteiger charge is -2.20. The Kier molecular flexibility index (Phi) is 4.72. The number of nitrogens with zero attached hydrogens (tertiary/aromatic N) is 1. The van der Waals surface area contributed by atoms with Gasteiger partial charge < -0.3 is 15.0 Å². The van der Waals surface area contributed by atoms with Crippen LogP contribution >= 0.6 is 11.6 Å². The molecule has 1 aromatic carbocycles. The molecule has 2 heterocycles. The van der Waals surface area contributed by atoms with Crippen molar-refractivity contribution in [3.8, 4) is 5.75 Å². The van der Waals surface area contributed by atoms with Crippen LogP contribution in [0.4, 0.5) is 0 Å². The second-order valence-corrected chi connectivity index (χ2v) is 7.03. The number of likely N-dealkylation sites (tertiary alicyclic amines) is 1. The Labute approximate surface area is 132 Å². The summed E-state index contributed by atoms with van der Waals surface area (Å²) < 4.78 is 5.95. The Morgan fingerprint density at radius 1 is 1.38 bits per heavy atom. The van der Waals surface area contributed by atoms with Crippen LogP contribution in [-0.4, -0.2) is 43.2 Å². The van der Waals surface area contributed by atoms with E-state index in [0.717, 1.165) is 36.2 Å². The molecule has 0 saturated carbocycles. The van der Waals surface area contributed by atoms with E-state index in [1.54, 1.807) is 0 Å². The zero-order valence-electron chi connectivity index (χ0n) is 12.9. The molecule has 1 aromatic rings. The van der Waals surface area contributed by atoms with E-state index < -0.39 is 0 Å². The summed E-state index contributed by atoms with van der Waals surface area (Å²) >= 11 is 6.02. The normalized spacial score (nSPS) is 25.3. The van der Waals surface area contributed by atoms with Crippen LogP contribution in [0.15, 0.2) is 18.2 Å². The molecule has 0 radical (unpaired) electrons. The van der Waals surface area contributed by atoms with Gasteiger partial charge in [-0.1, -0.05) is 11.6 Å². The van der Waals surface area contributed by atoms with Crippen molar-refractivity contribution in [2.75, 3.05) is 26.2 Å². The van der Waals surface area contributed by atoms with Gasteiger partial charge in [-0.2, -0.15) is 0 Å². The van der Waals surface area contributed by atoms with Crippen molar-refractivity contribution in [3.63, 3.8) is 0 Å². The molecule has 0 aliphatic carbocycles. The molecule has 21 heavy (non-hydrogen) atoms. The molecular formula is C17H25ClN2O. The minimum absolute atomic E-state index is 0.251. The minimum atomic E-state index is 0.251. The molecule has 3 rings (SSSR count). The van der Waals surface area contributed by atoms with Crippen LogP contribution in [0, 0.1) is 5.92 Å². The van der Waals surface area contributed by atoms with E-state index in [9.17, 15) is 0 Å². The van der Waals surface area contributed by atoms with Crippen molar-refractivity contribution in [1.82, 2.24) is 10.2 Å². The third kappa shape index (κ3) is 3.71. The van der Waals surface area contributed by atoms with Crippen LogP contribution in [0.5, 0.6) is 5.75 Å². The lowest BCUT2D eigenvalue weighted by atomic mass is 10.1. The highest BCUT2D eigenvalue weighted by Gasteiger charge is 2.25. The number of benzene rings is 1. The fraction of sp³-hybridized carbons (Fsp3) is 0.647. The Morgan fingerprint density at radius 2 is 2.24 bits per heavy atom. The van der Waals surface area contributed by atoms with Gasteiger partial charge in [-0.05, 0) is 63.0 Å². The van der Waals surface area contributed by atoms with Crippen molar-refractivity contribution in [1.29, 1.82) is 0 Å². The number of hydrogen-bond donors (Lipinski definition) is 1. The van der Waals surface area contributed by atoms with E-state index >= 15 is 0 Å². The third-order valence-corrected chi connectivity index (χ3v) is 4.85. The topological polar surface area (TPSA) is 24.5 Å². The number of nitrogens with one attached hydrogen (secondary N) is 1. The van der Waals surface area contributed by atoms with Gasteiger partial charge in [-0.25, -0.2) is 0 Å². The molecule has 2 aliphatic heterocycles.